The molecule has 3 nitrogen and oxygen atoms in total. The van der Waals surface area contributed by atoms with Gasteiger partial charge in [0.2, 0.25) is 0 Å². The van der Waals surface area contributed by atoms with E-state index in [0.717, 1.165) is 19.3 Å². The van der Waals surface area contributed by atoms with Crippen molar-refractivity contribution < 1.29 is 14.6 Å². The Hall–Kier alpha value is -1.35. The summed E-state index contributed by atoms with van der Waals surface area (Å²) in [5.74, 6) is -0.739. The molecule has 1 aromatic rings. The number of hydrogen-bond acceptors (Lipinski definition) is 3. The van der Waals surface area contributed by atoms with Gasteiger partial charge in [-0.2, -0.15) is 0 Å². The van der Waals surface area contributed by atoms with Crippen LogP contribution < -0.4 is 0 Å². The minimum atomic E-state index is -1.39. The van der Waals surface area contributed by atoms with Crippen molar-refractivity contribution in [3.8, 4) is 0 Å². The fourth-order valence-corrected chi connectivity index (χ4v) is 3.11. The molecule has 19 heavy (non-hydrogen) atoms. The van der Waals surface area contributed by atoms with Gasteiger partial charge in [-0.15, -0.1) is 0 Å². The number of hydrogen-bond donors (Lipinski definition) is 1. The molecule has 0 saturated carbocycles. The second-order valence-corrected chi connectivity index (χ2v) is 5.68. The van der Waals surface area contributed by atoms with E-state index in [9.17, 15) is 9.90 Å². The van der Waals surface area contributed by atoms with Gasteiger partial charge < -0.3 is 9.84 Å². The average molecular weight is 262 g/mol. The second kappa shape index (κ2) is 5.33. The molecule has 1 aliphatic carbocycles. The van der Waals surface area contributed by atoms with Crippen LogP contribution >= 0.6 is 0 Å². The van der Waals surface area contributed by atoms with Gasteiger partial charge in [-0.05, 0) is 36.3 Å². The van der Waals surface area contributed by atoms with Crippen LogP contribution in [0.1, 0.15) is 31.4 Å². The molecular weight excluding hydrogens is 240 g/mol. The standard InChI is InChI=1S/C16H22O3/c1-11(2)16(18,15(17)19-3)14-9-8-12-6-4-5-7-13(12)10-14/h4-7,11,14,18H,8-10H2,1-3H3. The van der Waals surface area contributed by atoms with Crippen LogP contribution in [0, 0.1) is 11.8 Å². The summed E-state index contributed by atoms with van der Waals surface area (Å²) in [5, 5.41) is 10.8. The molecule has 2 atom stereocenters. The van der Waals surface area contributed by atoms with Crippen LogP contribution in [0.25, 0.3) is 0 Å². The lowest BCUT2D eigenvalue weighted by Gasteiger charge is -2.39. The van der Waals surface area contributed by atoms with Gasteiger partial charge in [0.05, 0.1) is 7.11 Å². The number of ether oxygens (including phenoxy) is 1. The predicted octanol–water partition coefficient (Wildman–Crippen LogP) is 2.35. The van der Waals surface area contributed by atoms with Crippen molar-refractivity contribution >= 4 is 5.97 Å². The maximum absolute atomic E-state index is 12.0. The van der Waals surface area contributed by atoms with Crippen molar-refractivity contribution in [2.24, 2.45) is 11.8 Å². The van der Waals surface area contributed by atoms with E-state index in [1.165, 1.54) is 18.2 Å². The summed E-state index contributed by atoms with van der Waals surface area (Å²) in [6, 6.07) is 8.25. The number of esters is 1. The molecule has 0 saturated heterocycles. The molecule has 0 bridgehead atoms. The zero-order valence-corrected chi connectivity index (χ0v) is 11.8. The van der Waals surface area contributed by atoms with Gasteiger partial charge in [-0.25, -0.2) is 4.79 Å². The van der Waals surface area contributed by atoms with E-state index in [2.05, 4.69) is 12.1 Å². The molecule has 2 rings (SSSR count). The predicted molar refractivity (Wildman–Crippen MR) is 73.8 cm³/mol. The summed E-state index contributed by atoms with van der Waals surface area (Å²) in [6.45, 7) is 3.74. The molecule has 0 fully saturated rings. The third-order valence-electron chi connectivity index (χ3n) is 4.36. The first-order chi connectivity index (χ1) is 9.00. The van der Waals surface area contributed by atoms with Crippen molar-refractivity contribution in [1.29, 1.82) is 0 Å². The number of carbonyl (C=O) groups excluding carboxylic acids is 1. The van der Waals surface area contributed by atoms with E-state index in [1.54, 1.807) is 0 Å². The molecule has 0 radical (unpaired) electrons. The number of methoxy groups -OCH3 is 1. The highest BCUT2D eigenvalue weighted by atomic mass is 16.5. The van der Waals surface area contributed by atoms with Crippen LogP contribution in [0.4, 0.5) is 0 Å². The number of carbonyl (C=O) groups is 1. The summed E-state index contributed by atoms with van der Waals surface area (Å²) in [7, 11) is 1.34. The van der Waals surface area contributed by atoms with Gasteiger partial charge in [-0.3, -0.25) is 0 Å². The Morgan fingerprint density at radius 1 is 1.37 bits per heavy atom. The number of aliphatic hydroxyl groups is 1. The lowest BCUT2D eigenvalue weighted by Crippen LogP contribution is -2.52. The Bertz CT molecular complexity index is 467. The van der Waals surface area contributed by atoms with Gasteiger partial charge in [0.25, 0.3) is 0 Å². The first-order valence-electron chi connectivity index (χ1n) is 6.87. The molecule has 0 amide bonds. The summed E-state index contributed by atoms with van der Waals surface area (Å²) in [4.78, 5) is 12.0. The summed E-state index contributed by atoms with van der Waals surface area (Å²) in [6.07, 6.45) is 2.47. The maximum atomic E-state index is 12.0. The molecular formula is C16H22O3. The Morgan fingerprint density at radius 2 is 2.00 bits per heavy atom. The fourth-order valence-electron chi connectivity index (χ4n) is 3.11. The van der Waals surface area contributed by atoms with Crippen molar-refractivity contribution in [2.75, 3.05) is 7.11 Å². The molecule has 0 heterocycles. The topological polar surface area (TPSA) is 46.5 Å². The van der Waals surface area contributed by atoms with E-state index in [0.29, 0.717) is 0 Å². The second-order valence-electron chi connectivity index (χ2n) is 5.68. The number of aryl methyl sites for hydroxylation is 1. The zero-order valence-electron chi connectivity index (χ0n) is 11.8. The number of benzene rings is 1. The van der Waals surface area contributed by atoms with Gasteiger partial charge in [0, 0.05) is 5.92 Å². The van der Waals surface area contributed by atoms with Crippen LogP contribution in [-0.4, -0.2) is 23.8 Å². The first-order valence-corrected chi connectivity index (χ1v) is 6.87. The zero-order chi connectivity index (χ0) is 14.0. The monoisotopic (exact) mass is 262 g/mol. The molecule has 104 valence electrons. The molecule has 1 aliphatic rings. The minimum Gasteiger partial charge on any atom is -0.467 e. The molecule has 0 spiro atoms. The normalized spacial score (nSPS) is 21.6. The fraction of sp³-hybridized carbons (Fsp3) is 0.562. The van der Waals surface area contributed by atoms with Gasteiger partial charge >= 0.3 is 5.97 Å². The first kappa shape index (κ1) is 14.1. The molecule has 2 unspecified atom stereocenters. The third-order valence-corrected chi connectivity index (χ3v) is 4.36. The SMILES string of the molecule is COC(=O)C(O)(C(C)C)C1CCc2ccccc2C1. The number of rotatable bonds is 3. The summed E-state index contributed by atoms with van der Waals surface area (Å²) >= 11 is 0. The van der Waals surface area contributed by atoms with Crippen molar-refractivity contribution in [1.82, 2.24) is 0 Å². The minimum absolute atomic E-state index is 0.0742. The van der Waals surface area contributed by atoms with E-state index in [4.69, 9.17) is 4.74 Å². The van der Waals surface area contributed by atoms with Crippen molar-refractivity contribution in [2.45, 2.75) is 38.7 Å². The Morgan fingerprint density at radius 3 is 2.58 bits per heavy atom. The highest BCUT2D eigenvalue weighted by Gasteiger charge is 2.48. The van der Waals surface area contributed by atoms with Crippen molar-refractivity contribution in [3.63, 3.8) is 0 Å². The quantitative estimate of drug-likeness (QED) is 0.851. The number of fused-ring (bicyclic) bond motifs is 1. The van der Waals surface area contributed by atoms with E-state index in [1.807, 2.05) is 26.0 Å². The lowest BCUT2D eigenvalue weighted by atomic mass is 9.70. The van der Waals surface area contributed by atoms with Gasteiger partial charge in [-0.1, -0.05) is 38.1 Å². The van der Waals surface area contributed by atoms with Gasteiger partial charge in [0.15, 0.2) is 5.60 Å². The molecule has 0 aromatic heterocycles. The molecule has 0 aliphatic heterocycles. The molecule has 3 heteroatoms. The van der Waals surface area contributed by atoms with Crippen LogP contribution in [0.15, 0.2) is 24.3 Å². The van der Waals surface area contributed by atoms with E-state index < -0.39 is 11.6 Å². The van der Waals surface area contributed by atoms with Crippen LogP contribution in [0.2, 0.25) is 0 Å². The Kier molecular flexibility index (Phi) is 3.95. The Labute approximate surface area is 114 Å². The highest BCUT2D eigenvalue weighted by Crippen LogP contribution is 2.37. The average Bonchev–Trinajstić information content (AvgIpc) is 2.44. The summed E-state index contributed by atoms with van der Waals surface area (Å²) in [5.41, 5.74) is 1.18. The smallest absolute Gasteiger partial charge is 0.338 e. The van der Waals surface area contributed by atoms with E-state index >= 15 is 0 Å². The van der Waals surface area contributed by atoms with Crippen LogP contribution in [-0.2, 0) is 22.4 Å². The third kappa shape index (κ3) is 2.39. The maximum Gasteiger partial charge on any atom is 0.338 e. The van der Waals surface area contributed by atoms with Crippen LogP contribution in [0.5, 0.6) is 0 Å². The largest absolute Gasteiger partial charge is 0.467 e. The van der Waals surface area contributed by atoms with Crippen molar-refractivity contribution in [3.05, 3.63) is 35.4 Å². The van der Waals surface area contributed by atoms with Crippen LogP contribution in [0.3, 0.4) is 0 Å². The van der Waals surface area contributed by atoms with Gasteiger partial charge in [0.1, 0.15) is 0 Å². The van der Waals surface area contributed by atoms with E-state index in [-0.39, 0.29) is 11.8 Å². The Balaban J connectivity index is 2.29. The molecule has 1 N–H and O–H groups in total. The highest BCUT2D eigenvalue weighted by molar-refractivity contribution is 5.80. The lowest BCUT2D eigenvalue weighted by molar-refractivity contribution is -0.176. The molecule has 1 aromatic carbocycles. The summed E-state index contributed by atoms with van der Waals surface area (Å²) < 4.78 is 4.83.